The lowest BCUT2D eigenvalue weighted by molar-refractivity contribution is 0.507. The van der Waals surface area contributed by atoms with Crippen molar-refractivity contribution in [2.45, 2.75) is 18.9 Å². The summed E-state index contributed by atoms with van der Waals surface area (Å²) in [5, 5.41) is 3.20. The predicted octanol–water partition coefficient (Wildman–Crippen LogP) is 1.97. The number of nitrogen functional groups attached to an aromatic ring is 1. The van der Waals surface area contributed by atoms with Gasteiger partial charge in [-0.05, 0) is 37.1 Å². The van der Waals surface area contributed by atoms with Crippen molar-refractivity contribution in [2.75, 3.05) is 12.3 Å². The van der Waals surface area contributed by atoms with Crippen LogP contribution in [0.2, 0.25) is 0 Å². The zero-order valence-electron chi connectivity index (χ0n) is 7.69. The summed E-state index contributed by atoms with van der Waals surface area (Å²) in [5.41, 5.74) is 5.96. The highest BCUT2D eigenvalue weighted by molar-refractivity contribution is 5.44. The van der Waals surface area contributed by atoms with Gasteiger partial charge in [-0.15, -0.1) is 0 Å². The third kappa shape index (κ3) is 1.57. The van der Waals surface area contributed by atoms with Gasteiger partial charge >= 0.3 is 0 Å². The first-order valence-corrected chi connectivity index (χ1v) is 4.66. The van der Waals surface area contributed by atoms with E-state index < -0.39 is 11.6 Å². The molecular formula is C10H12F2N2. The van der Waals surface area contributed by atoms with Gasteiger partial charge in [0.05, 0.1) is 5.69 Å². The Labute approximate surface area is 81.1 Å². The largest absolute Gasteiger partial charge is 0.396 e. The Hall–Kier alpha value is -1.16. The third-order valence-electron chi connectivity index (χ3n) is 2.54. The van der Waals surface area contributed by atoms with Gasteiger partial charge in [0.15, 0.2) is 11.6 Å². The van der Waals surface area contributed by atoms with Gasteiger partial charge in [-0.3, -0.25) is 0 Å². The molecule has 4 heteroatoms. The molecule has 14 heavy (non-hydrogen) atoms. The fourth-order valence-electron chi connectivity index (χ4n) is 1.80. The minimum atomic E-state index is -0.952. The van der Waals surface area contributed by atoms with Gasteiger partial charge in [-0.1, -0.05) is 0 Å². The Morgan fingerprint density at radius 2 is 2.14 bits per heavy atom. The molecule has 1 saturated heterocycles. The van der Waals surface area contributed by atoms with Gasteiger partial charge in [-0.25, -0.2) is 8.78 Å². The van der Waals surface area contributed by atoms with Crippen molar-refractivity contribution in [1.29, 1.82) is 0 Å². The number of nitrogens with one attached hydrogen (secondary N) is 1. The lowest BCUT2D eigenvalue weighted by Crippen LogP contribution is -2.13. The average molecular weight is 198 g/mol. The molecule has 0 radical (unpaired) electrons. The summed E-state index contributed by atoms with van der Waals surface area (Å²) >= 11 is 0. The van der Waals surface area contributed by atoms with Crippen molar-refractivity contribution >= 4 is 5.69 Å². The van der Waals surface area contributed by atoms with Crippen LogP contribution in [0, 0.1) is 11.6 Å². The lowest BCUT2D eigenvalue weighted by Gasteiger charge is -2.11. The maximum atomic E-state index is 13.0. The summed E-state index contributed by atoms with van der Waals surface area (Å²) in [5.74, 6) is -1.82. The van der Waals surface area contributed by atoms with Gasteiger partial charge < -0.3 is 11.1 Å². The Morgan fingerprint density at radius 3 is 2.71 bits per heavy atom. The first-order chi connectivity index (χ1) is 6.68. The zero-order valence-corrected chi connectivity index (χ0v) is 7.69. The van der Waals surface area contributed by atoms with Crippen molar-refractivity contribution < 1.29 is 8.78 Å². The van der Waals surface area contributed by atoms with Crippen LogP contribution in [0.1, 0.15) is 24.4 Å². The van der Waals surface area contributed by atoms with E-state index in [0.717, 1.165) is 24.9 Å². The summed E-state index contributed by atoms with van der Waals surface area (Å²) in [7, 11) is 0. The molecule has 0 bridgehead atoms. The Morgan fingerprint density at radius 1 is 1.36 bits per heavy atom. The fourth-order valence-corrected chi connectivity index (χ4v) is 1.80. The monoisotopic (exact) mass is 198 g/mol. The fraction of sp³-hybridized carbons (Fsp3) is 0.400. The summed E-state index contributed by atoms with van der Waals surface area (Å²) in [6.45, 7) is 0.920. The van der Waals surface area contributed by atoms with Crippen molar-refractivity contribution in [1.82, 2.24) is 5.32 Å². The zero-order chi connectivity index (χ0) is 10.1. The second kappa shape index (κ2) is 3.53. The van der Waals surface area contributed by atoms with Crippen molar-refractivity contribution in [2.24, 2.45) is 0 Å². The molecule has 1 aliphatic heterocycles. The minimum absolute atomic E-state index is 0.117. The molecule has 1 atom stereocenters. The summed E-state index contributed by atoms with van der Waals surface area (Å²) in [4.78, 5) is 0. The quantitative estimate of drug-likeness (QED) is 0.677. The van der Waals surface area contributed by atoms with Gasteiger partial charge in [0.25, 0.3) is 0 Å². The summed E-state index contributed by atoms with van der Waals surface area (Å²) in [6.07, 6.45) is 2.01. The van der Waals surface area contributed by atoms with Crippen LogP contribution in [0.25, 0.3) is 0 Å². The highest BCUT2D eigenvalue weighted by Gasteiger charge is 2.18. The molecule has 0 saturated carbocycles. The van der Waals surface area contributed by atoms with Crippen molar-refractivity contribution in [3.05, 3.63) is 29.3 Å². The molecule has 0 spiro atoms. The molecule has 1 fully saturated rings. The number of halogens is 2. The number of benzene rings is 1. The molecule has 1 aromatic carbocycles. The molecule has 1 aliphatic rings. The third-order valence-corrected chi connectivity index (χ3v) is 2.54. The van der Waals surface area contributed by atoms with Crippen molar-refractivity contribution in [3.8, 4) is 0 Å². The molecule has 3 N–H and O–H groups in total. The van der Waals surface area contributed by atoms with Gasteiger partial charge in [0.1, 0.15) is 0 Å². The van der Waals surface area contributed by atoms with Crippen LogP contribution in [0.3, 0.4) is 0 Å². The summed E-state index contributed by atoms with van der Waals surface area (Å²) < 4.78 is 25.9. The first kappa shape index (κ1) is 9.40. The normalized spacial score (nSPS) is 21.4. The van der Waals surface area contributed by atoms with Crippen LogP contribution >= 0.6 is 0 Å². The SMILES string of the molecule is Nc1cc(C2CCCN2)cc(F)c1F. The van der Waals surface area contributed by atoms with E-state index in [1.807, 2.05) is 0 Å². The van der Waals surface area contributed by atoms with E-state index in [1.165, 1.54) is 12.1 Å². The molecular weight excluding hydrogens is 186 g/mol. The second-order valence-corrected chi connectivity index (χ2v) is 3.55. The van der Waals surface area contributed by atoms with Gasteiger partial charge in [0.2, 0.25) is 0 Å². The maximum Gasteiger partial charge on any atom is 0.181 e. The van der Waals surface area contributed by atoms with Crippen LogP contribution in [0.4, 0.5) is 14.5 Å². The smallest absolute Gasteiger partial charge is 0.181 e. The molecule has 0 amide bonds. The van der Waals surface area contributed by atoms with E-state index in [2.05, 4.69) is 5.32 Å². The number of hydrogen-bond donors (Lipinski definition) is 2. The van der Waals surface area contributed by atoms with Crippen LogP contribution in [0.5, 0.6) is 0 Å². The molecule has 2 nitrogen and oxygen atoms in total. The number of nitrogens with two attached hydrogens (primary N) is 1. The minimum Gasteiger partial charge on any atom is -0.396 e. The molecule has 0 aliphatic carbocycles. The molecule has 1 unspecified atom stereocenters. The Balaban J connectivity index is 2.34. The first-order valence-electron chi connectivity index (χ1n) is 4.66. The van der Waals surface area contributed by atoms with Gasteiger partial charge in [-0.2, -0.15) is 0 Å². The van der Waals surface area contributed by atoms with Crippen LogP contribution in [-0.4, -0.2) is 6.54 Å². The lowest BCUT2D eigenvalue weighted by atomic mass is 10.0. The van der Waals surface area contributed by atoms with Crippen molar-refractivity contribution in [3.63, 3.8) is 0 Å². The van der Waals surface area contributed by atoms with E-state index in [4.69, 9.17) is 5.73 Å². The molecule has 1 heterocycles. The van der Waals surface area contributed by atoms with E-state index in [9.17, 15) is 8.78 Å². The number of rotatable bonds is 1. The molecule has 2 rings (SSSR count). The van der Waals surface area contributed by atoms with Crippen LogP contribution in [0.15, 0.2) is 12.1 Å². The topological polar surface area (TPSA) is 38.0 Å². The highest BCUT2D eigenvalue weighted by atomic mass is 19.2. The predicted molar refractivity (Wildman–Crippen MR) is 50.7 cm³/mol. The molecule has 1 aromatic rings. The second-order valence-electron chi connectivity index (χ2n) is 3.55. The summed E-state index contributed by atoms with van der Waals surface area (Å²) in [6, 6.07) is 2.84. The number of anilines is 1. The average Bonchev–Trinajstić information content (AvgIpc) is 2.66. The molecule has 0 aromatic heterocycles. The highest BCUT2D eigenvalue weighted by Crippen LogP contribution is 2.26. The van der Waals surface area contributed by atoms with Gasteiger partial charge in [0, 0.05) is 6.04 Å². The van der Waals surface area contributed by atoms with E-state index >= 15 is 0 Å². The van der Waals surface area contributed by atoms with Crippen LogP contribution < -0.4 is 11.1 Å². The standard InChI is InChI=1S/C10H12F2N2/c11-7-4-6(5-8(13)10(7)12)9-2-1-3-14-9/h4-5,9,14H,1-3,13H2. The van der Waals surface area contributed by atoms with E-state index in [-0.39, 0.29) is 11.7 Å². The Kier molecular flexibility index (Phi) is 2.37. The van der Waals surface area contributed by atoms with E-state index in [1.54, 1.807) is 0 Å². The van der Waals surface area contributed by atoms with E-state index in [0.29, 0.717) is 0 Å². The van der Waals surface area contributed by atoms with Crippen LogP contribution in [-0.2, 0) is 0 Å². The Bertz CT molecular complexity index is 323. The maximum absolute atomic E-state index is 13.0. The molecule has 76 valence electrons. The number of hydrogen-bond acceptors (Lipinski definition) is 2.